The number of nitrogens with zero attached hydrogens (tertiary/aromatic N) is 1. The third-order valence-electron chi connectivity index (χ3n) is 3.41. The molecule has 0 spiro atoms. The molecule has 1 aromatic rings. The van der Waals surface area contributed by atoms with E-state index in [-0.39, 0.29) is 24.0 Å². The second-order valence-corrected chi connectivity index (χ2v) is 6.62. The third kappa shape index (κ3) is 5.77. The molecule has 0 aliphatic rings. The van der Waals surface area contributed by atoms with Crippen molar-refractivity contribution in [2.75, 3.05) is 13.6 Å². The fourth-order valence-electron chi connectivity index (χ4n) is 2.40. The molecule has 3 N–H and O–H groups in total. The second kappa shape index (κ2) is 8.51. The number of amides is 1. The van der Waals surface area contributed by atoms with Crippen LogP contribution in [-0.4, -0.2) is 36.5 Å². The van der Waals surface area contributed by atoms with Crippen LogP contribution in [0.1, 0.15) is 38.8 Å². The van der Waals surface area contributed by atoms with Gasteiger partial charge < -0.3 is 11.1 Å². The molecule has 0 saturated carbocycles. The monoisotopic (exact) mass is 355 g/mol. The standard InChI is InChI=1S/C16H26BrN3O/c1-5-14(18)16(12-6-8-13(17)9-7-12)20(4)10-15(21)19-11(2)3/h6-9,11,14,16H,5,10,18H2,1-4H3,(H,19,21). The fourth-order valence-corrected chi connectivity index (χ4v) is 2.67. The van der Waals surface area contributed by atoms with E-state index in [0.717, 1.165) is 16.5 Å². The minimum absolute atomic E-state index is 0.0111. The van der Waals surface area contributed by atoms with Crippen LogP contribution in [0.5, 0.6) is 0 Å². The van der Waals surface area contributed by atoms with Crippen LogP contribution in [0.4, 0.5) is 0 Å². The van der Waals surface area contributed by atoms with Gasteiger partial charge in [-0.2, -0.15) is 0 Å². The van der Waals surface area contributed by atoms with E-state index in [0.29, 0.717) is 6.54 Å². The molecule has 0 radical (unpaired) electrons. The van der Waals surface area contributed by atoms with E-state index in [1.165, 1.54) is 0 Å². The Balaban J connectivity index is 2.87. The summed E-state index contributed by atoms with van der Waals surface area (Å²) in [5, 5.41) is 2.92. The zero-order valence-electron chi connectivity index (χ0n) is 13.3. The Morgan fingerprint density at radius 3 is 2.38 bits per heavy atom. The van der Waals surface area contributed by atoms with Crippen LogP contribution in [0, 0.1) is 0 Å². The molecule has 2 atom stereocenters. The van der Waals surface area contributed by atoms with Gasteiger partial charge in [-0.1, -0.05) is 35.0 Å². The summed E-state index contributed by atoms with van der Waals surface area (Å²) in [7, 11) is 1.95. The molecule has 1 aromatic carbocycles. The number of likely N-dealkylation sites (N-methyl/N-ethyl adjacent to an activating group) is 1. The highest BCUT2D eigenvalue weighted by Crippen LogP contribution is 2.25. The molecular weight excluding hydrogens is 330 g/mol. The number of rotatable bonds is 7. The van der Waals surface area contributed by atoms with Gasteiger partial charge in [0, 0.05) is 16.6 Å². The lowest BCUT2D eigenvalue weighted by Crippen LogP contribution is -2.44. The zero-order valence-corrected chi connectivity index (χ0v) is 14.9. The predicted molar refractivity (Wildman–Crippen MR) is 91.1 cm³/mol. The van der Waals surface area contributed by atoms with Gasteiger partial charge in [-0.15, -0.1) is 0 Å². The third-order valence-corrected chi connectivity index (χ3v) is 3.93. The van der Waals surface area contributed by atoms with Crippen LogP contribution in [0.2, 0.25) is 0 Å². The minimum Gasteiger partial charge on any atom is -0.353 e. The van der Waals surface area contributed by atoms with Crippen LogP contribution in [0.3, 0.4) is 0 Å². The molecule has 0 aliphatic carbocycles. The SMILES string of the molecule is CCC(N)C(c1ccc(Br)cc1)N(C)CC(=O)NC(C)C. The van der Waals surface area contributed by atoms with E-state index in [1.807, 2.05) is 37.9 Å². The average molecular weight is 356 g/mol. The quantitative estimate of drug-likeness (QED) is 0.790. The summed E-state index contributed by atoms with van der Waals surface area (Å²) in [4.78, 5) is 14.0. The molecule has 1 amide bonds. The Morgan fingerprint density at radius 1 is 1.33 bits per heavy atom. The number of carbonyl (C=O) groups is 1. The molecule has 21 heavy (non-hydrogen) atoms. The summed E-state index contributed by atoms with van der Waals surface area (Å²) in [6.07, 6.45) is 0.858. The molecule has 0 bridgehead atoms. The number of halogens is 1. The normalized spacial score (nSPS) is 14.3. The fraction of sp³-hybridized carbons (Fsp3) is 0.562. The first kappa shape index (κ1) is 18.1. The molecule has 1 rings (SSSR count). The Bertz CT molecular complexity index is 447. The maximum atomic E-state index is 12.0. The van der Waals surface area contributed by atoms with Crippen LogP contribution >= 0.6 is 15.9 Å². The van der Waals surface area contributed by atoms with Crippen LogP contribution in [0.15, 0.2) is 28.7 Å². The van der Waals surface area contributed by atoms with Gasteiger partial charge >= 0.3 is 0 Å². The van der Waals surface area contributed by atoms with E-state index < -0.39 is 0 Å². The van der Waals surface area contributed by atoms with E-state index in [9.17, 15) is 4.79 Å². The molecule has 118 valence electrons. The van der Waals surface area contributed by atoms with Crippen molar-refractivity contribution in [1.82, 2.24) is 10.2 Å². The Kier molecular flexibility index (Phi) is 7.35. The highest BCUT2D eigenvalue weighted by atomic mass is 79.9. The average Bonchev–Trinajstić information content (AvgIpc) is 2.39. The van der Waals surface area contributed by atoms with E-state index in [1.54, 1.807) is 0 Å². The van der Waals surface area contributed by atoms with Crippen molar-refractivity contribution in [2.24, 2.45) is 5.73 Å². The predicted octanol–water partition coefficient (Wildman–Crippen LogP) is 2.68. The number of nitrogens with two attached hydrogens (primary N) is 1. The van der Waals surface area contributed by atoms with Gasteiger partial charge in [0.15, 0.2) is 0 Å². The topological polar surface area (TPSA) is 58.4 Å². The lowest BCUT2D eigenvalue weighted by atomic mass is 9.96. The Morgan fingerprint density at radius 2 is 1.90 bits per heavy atom. The van der Waals surface area contributed by atoms with Gasteiger partial charge in [0.2, 0.25) is 5.91 Å². The number of nitrogens with one attached hydrogen (secondary N) is 1. The lowest BCUT2D eigenvalue weighted by molar-refractivity contribution is -0.123. The highest BCUT2D eigenvalue weighted by Gasteiger charge is 2.24. The summed E-state index contributed by atoms with van der Waals surface area (Å²) in [6, 6.07) is 8.29. The van der Waals surface area contributed by atoms with Gasteiger partial charge in [0.05, 0.1) is 12.6 Å². The number of hydrogen-bond donors (Lipinski definition) is 2. The smallest absolute Gasteiger partial charge is 0.234 e. The van der Waals surface area contributed by atoms with Gasteiger partial charge in [-0.25, -0.2) is 0 Å². The minimum atomic E-state index is -0.0111. The van der Waals surface area contributed by atoms with Gasteiger partial charge in [-0.3, -0.25) is 9.69 Å². The molecule has 2 unspecified atom stereocenters. The first-order valence-electron chi connectivity index (χ1n) is 7.35. The van der Waals surface area contributed by atoms with Crippen molar-refractivity contribution in [3.63, 3.8) is 0 Å². The van der Waals surface area contributed by atoms with Crippen LogP contribution in [0.25, 0.3) is 0 Å². The van der Waals surface area contributed by atoms with Crippen molar-refractivity contribution < 1.29 is 4.79 Å². The van der Waals surface area contributed by atoms with Gasteiger partial charge in [0.25, 0.3) is 0 Å². The van der Waals surface area contributed by atoms with E-state index in [4.69, 9.17) is 5.73 Å². The Hall–Kier alpha value is -0.910. The van der Waals surface area contributed by atoms with Crippen LogP contribution in [-0.2, 0) is 4.79 Å². The molecule has 0 aliphatic heterocycles. The van der Waals surface area contributed by atoms with Crippen LogP contribution < -0.4 is 11.1 Å². The zero-order chi connectivity index (χ0) is 16.0. The van der Waals surface area contributed by atoms with Crippen molar-refractivity contribution >= 4 is 21.8 Å². The maximum Gasteiger partial charge on any atom is 0.234 e. The summed E-state index contributed by atoms with van der Waals surface area (Å²) in [5.74, 6) is 0.0258. The molecule has 4 nitrogen and oxygen atoms in total. The Labute approximate surface area is 136 Å². The van der Waals surface area contributed by atoms with Gasteiger partial charge in [0.1, 0.15) is 0 Å². The molecule has 0 aromatic heterocycles. The summed E-state index contributed by atoms with van der Waals surface area (Å²) < 4.78 is 1.04. The van der Waals surface area contributed by atoms with Gasteiger partial charge in [-0.05, 0) is 45.0 Å². The first-order chi connectivity index (χ1) is 9.85. The summed E-state index contributed by atoms with van der Waals surface area (Å²) >= 11 is 3.44. The lowest BCUT2D eigenvalue weighted by Gasteiger charge is -2.32. The molecule has 0 heterocycles. The second-order valence-electron chi connectivity index (χ2n) is 5.71. The molecule has 0 saturated heterocycles. The molecule has 5 heteroatoms. The van der Waals surface area contributed by atoms with Crippen molar-refractivity contribution in [3.05, 3.63) is 34.3 Å². The molecular formula is C16H26BrN3O. The van der Waals surface area contributed by atoms with E-state index in [2.05, 4.69) is 40.3 Å². The van der Waals surface area contributed by atoms with Crippen molar-refractivity contribution in [1.29, 1.82) is 0 Å². The van der Waals surface area contributed by atoms with Crippen molar-refractivity contribution in [3.8, 4) is 0 Å². The van der Waals surface area contributed by atoms with E-state index >= 15 is 0 Å². The maximum absolute atomic E-state index is 12.0. The number of carbonyl (C=O) groups excluding carboxylic acids is 1. The summed E-state index contributed by atoms with van der Waals surface area (Å²) in [5.41, 5.74) is 7.41. The van der Waals surface area contributed by atoms with Crippen molar-refractivity contribution in [2.45, 2.75) is 45.3 Å². The highest BCUT2D eigenvalue weighted by molar-refractivity contribution is 9.10. The largest absolute Gasteiger partial charge is 0.353 e. The number of benzene rings is 1. The first-order valence-corrected chi connectivity index (χ1v) is 8.15. The summed E-state index contributed by atoms with van der Waals surface area (Å²) in [6.45, 7) is 6.33. The molecule has 0 fully saturated rings. The number of hydrogen-bond acceptors (Lipinski definition) is 3.